The first kappa shape index (κ1) is 16.5. The fourth-order valence-corrected chi connectivity index (χ4v) is 3.84. The van der Waals surface area contributed by atoms with E-state index in [1.54, 1.807) is 30.3 Å². The molecule has 0 spiro atoms. The average molecular weight is 350 g/mol. The molecular weight excluding hydrogens is 331 g/mol. The molecule has 0 N–H and O–H groups in total. The second kappa shape index (κ2) is 5.80. The number of halogens is 1. The number of imide groups is 1. The second-order valence-corrected chi connectivity index (χ2v) is 7.05. The Balaban J connectivity index is 1.87. The first-order valence-corrected chi connectivity index (χ1v) is 8.62. The van der Waals surface area contributed by atoms with E-state index in [0.717, 1.165) is 16.6 Å². The number of hydrogen-bond acceptors (Lipinski definition) is 2. The molecule has 1 unspecified atom stereocenters. The summed E-state index contributed by atoms with van der Waals surface area (Å²) in [5.74, 6) is -0.862. The predicted molar refractivity (Wildman–Crippen MR) is 97.4 cm³/mol. The largest absolute Gasteiger partial charge is 0.346 e. The molecule has 0 saturated heterocycles. The smallest absolute Gasteiger partial charge is 0.262 e. The summed E-state index contributed by atoms with van der Waals surface area (Å²) in [7, 11) is 1.84. The van der Waals surface area contributed by atoms with Crippen LogP contribution in [0.4, 0.5) is 4.39 Å². The predicted octanol–water partition coefficient (Wildman–Crippen LogP) is 4.31. The molecular formula is C21H19FN2O2. The number of nitrogens with zero attached hydrogens (tertiary/aromatic N) is 2. The maximum absolute atomic E-state index is 13.7. The zero-order chi connectivity index (χ0) is 18.6. The van der Waals surface area contributed by atoms with Crippen LogP contribution in [0, 0.1) is 11.7 Å². The van der Waals surface area contributed by atoms with Gasteiger partial charge in [-0.2, -0.15) is 0 Å². The van der Waals surface area contributed by atoms with Crippen LogP contribution in [0.15, 0.2) is 48.5 Å². The second-order valence-electron chi connectivity index (χ2n) is 7.05. The van der Waals surface area contributed by atoms with Crippen molar-refractivity contribution in [2.75, 3.05) is 0 Å². The molecule has 2 heterocycles. The van der Waals surface area contributed by atoms with Gasteiger partial charge < -0.3 is 4.57 Å². The van der Waals surface area contributed by atoms with E-state index in [0.29, 0.717) is 11.1 Å². The fraction of sp³-hybridized carbons (Fsp3) is 0.238. The van der Waals surface area contributed by atoms with Crippen molar-refractivity contribution in [2.45, 2.75) is 19.9 Å². The van der Waals surface area contributed by atoms with Gasteiger partial charge in [0.05, 0.1) is 22.7 Å². The molecule has 1 atom stereocenters. The highest BCUT2D eigenvalue weighted by Gasteiger charge is 2.42. The van der Waals surface area contributed by atoms with Crippen molar-refractivity contribution in [3.05, 3.63) is 71.2 Å². The number of amides is 2. The highest BCUT2D eigenvalue weighted by atomic mass is 19.1. The molecule has 26 heavy (non-hydrogen) atoms. The van der Waals surface area contributed by atoms with Crippen LogP contribution in [0.25, 0.3) is 10.9 Å². The number of fused-ring (bicyclic) bond motifs is 2. The lowest BCUT2D eigenvalue weighted by Gasteiger charge is -2.30. The van der Waals surface area contributed by atoms with Crippen LogP contribution >= 0.6 is 0 Å². The van der Waals surface area contributed by atoms with Crippen LogP contribution in [0.1, 0.15) is 46.3 Å². The van der Waals surface area contributed by atoms with Crippen molar-refractivity contribution in [1.82, 2.24) is 9.47 Å². The SMILES string of the molecule is CC(C)C(c1cc2ccc(F)cc2n1C)N1C(=O)c2ccccc2C1=O. The van der Waals surface area contributed by atoms with Crippen molar-refractivity contribution in [2.24, 2.45) is 13.0 Å². The molecule has 0 fully saturated rings. The third-order valence-electron chi connectivity index (χ3n) is 5.08. The van der Waals surface area contributed by atoms with Gasteiger partial charge in [-0.25, -0.2) is 4.39 Å². The lowest BCUT2D eigenvalue weighted by atomic mass is 9.98. The maximum Gasteiger partial charge on any atom is 0.262 e. The van der Waals surface area contributed by atoms with E-state index in [4.69, 9.17) is 0 Å². The van der Waals surface area contributed by atoms with Crippen LogP contribution in [0.2, 0.25) is 0 Å². The molecule has 4 nitrogen and oxygen atoms in total. The van der Waals surface area contributed by atoms with Gasteiger partial charge in [-0.1, -0.05) is 26.0 Å². The Morgan fingerprint density at radius 2 is 1.54 bits per heavy atom. The zero-order valence-electron chi connectivity index (χ0n) is 14.9. The topological polar surface area (TPSA) is 42.3 Å². The van der Waals surface area contributed by atoms with E-state index >= 15 is 0 Å². The van der Waals surface area contributed by atoms with Crippen LogP contribution < -0.4 is 0 Å². The molecule has 2 aromatic carbocycles. The minimum Gasteiger partial charge on any atom is -0.346 e. The Labute approximate surface area is 150 Å². The van der Waals surface area contributed by atoms with Gasteiger partial charge in [-0.15, -0.1) is 0 Å². The van der Waals surface area contributed by atoms with Crippen LogP contribution in [0.5, 0.6) is 0 Å². The normalized spacial score (nSPS) is 15.2. The molecule has 0 radical (unpaired) electrons. The van der Waals surface area contributed by atoms with Crippen LogP contribution in [-0.2, 0) is 7.05 Å². The first-order chi connectivity index (χ1) is 12.4. The third-order valence-corrected chi connectivity index (χ3v) is 5.08. The molecule has 1 aliphatic rings. The summed E-state index contributed by atoms with van der Waals surface area (Å²) in [4.78, 5) is 27.2. The molecule has 0 saturated carbocycles. The number of carbonyl (C=O) groups excluding carboxylic acids is 2. The van der Waals surface area contributed by atoms with Crippen LogP contribution in [0.3, 0.4) is 0 Å². The lowest BCUT2D eigenvalue weighted by Crippen LogP contribution is -2.37. The van der Waals surface area contributed by atoms with E-state index in [2.05, 4.69) is 0 Å². The summed E-state index contributed by atoms with van der Waals surface area (Å²) in [5, 5.41) is 0.881. The minimum absolute atomic E-state index is 0.00470. The lowest BCUT2D eigenvalue weighted by molar-refractivity contribution is 0.0531. The summed E-state index contributed by atoms with van der Waals surface area (Å²) >= 11 is 0. The highest BCUT2D eigenvalue weighted by molar-refractivity contribution is 6.21. The Kier molecular flexibility index (Phi) is 3.68. The van der Waals surface area contributed by atoms with Crippen LogP contribution in [-0.4, -0.2) is 21.3 Å². The molecule has 1 aliphatic heterocycles. The number of benzene rings is 2. The Morgan fingerprint density at radius 1 is 0.923 bits per heavy atom. The highest BCUT2D eigenvalue weighted by Crippen LogP contribution is 2.37. The number of carbonyl (C=O) groups is 2. The summed E-state index contributed by atoms with van der Waals surface area (Å²) in [6, 6.07) is 13.0. The van der Waals surface area contributed by atoms with Crippen molar-refractivity contribution >= 4 is 22.7 Å². The third kappa shape index (κ3) is 2.27. The van der Waals surface area contributed by atoms with Gasteiger partial charge in [0.2, 0.25) is 0 Å². The Hall–Kier alpha value is -2.95. The fourth-order valence-electron chi connectivity index (χ4n) is 3.84. The van der Waals surface area contributed by atoms with Gasteiger partial charge in [0, 0.05) is 18.1 Å². The van der Waals surface area contributed by atoms with E-state index in [9.17, 15) is 14.0 Å². The number of aryl methyl sites for hydroxylation is 1. The van der Waals surface area contributed by atoms with Gasteiger partial charge >= 0.3 is 0 Å². The molecule has 132 valence electrons. The van der Waals surface area contributed by atoms with E-state index in [1.807, 2.05) is 31.5 Å². The number of rotatable bonds is 3. The van der Waals surface area contributed by atoms with E-state index in [-0.39, 0.29) is 23.5 Å². The van der Waals surface area contributed by atoms with Crippen molar-refractivity contribution in [3.8, 4) is 0 Å². The molecule has 2 amide bonds. The number of hydrogen-bond donors (Lipinski definition) is 0. The van der Waals surface area contributed by atoms with Crippen molar-refractivity contribution in [3.63, 3.8) is 0 Å². The molecule has 3 aromatic rings. The van der Waals surface area contributed by atoms with E-state index in [1.165, 1.54) is 17.0 Å². The molecule has 1 aromatic heterocycles. The summed E-state index contributed by atoms with van der Waals surface area (Å²) < 4.78 is 15.5. The van der Waals surface area contributed by atoms with Crippen molar-refractivity contribution in [1.29, 1.82) is 0 Å². The molecule has 0 aliphatic carbocycles. The first-order valence-electron chi connectivity index (χ1n) is 8.62. The average Bonchev–Trinajstić information content (AvgIpc) is 3.06. The summed E-state index contributed by atoms with van der Waals surface area (Å²) in [5.41, 5.74) is 2.43. The Morgan fingerprint density at radius 3 is 2.12 bits per heavy atom. The molecule has 0 bridgehead atoms. The minimum atomic E-state index is -0.428. The summed E-state index contributed by atoms with van der Waals surface area (Å²) in [6.45, 7) is 3.96. The van der Waals surface area contributed by atoms with Crippen molar-refractivity contribution < 1.29 is 14.0 Å². The van der Waals surface area contributed by atoms with Gasteiger partial charge in [-0.05, 0) is 42.3 Å². The molecule has 4 rings (SSSR count). The quantitative estimate of drug-likeness (QED) is 0.661. The van der Waals surface area contributed by atoms with Gasteiger partial charge in [0.1, 0.15) is 5.82 Å². The molecule has 5 heteroatoms. The monoisotopic (exact) mass is 350 g/mol. The Bertz CT molecular complexity index is 1020. The zero-order valence-corrected chi connectivity index (χ0v) is 14.9. The summed E-state index contributed by atoms with van der Waals surface area (Å²) in [6.07, 6.45) is 0. The van der Waals surface area contributed by atoms with Gasteiger partial charge in [-0.3, -0.25) is 14.5 Å². The standard InChI is InChI=1S/C21H19FN2O2/c1-12(2)19(18-10-13-8-9-14(22)11-17(13)23(18)3)24-20(25)15-6-4-5-7-16(15)21(24)26/h4-12,19H,1-3H3. The van der Waals surface area contributed by atoms with E-state index < -0.39 is 6.04 Å². The number of aromatic nitrogens is 1. The van der Waals surface area contributed by atoms with Gasteiger partial charge in [0.15, 0.2) is 0 Å². The van der Waals surface area contributed by atoms with Gasteiger partial charge in [0.25, 0.3) is 11.8 Å². The maximum atomic E-state index is 13.7.